The van der Waals surface area contributed by atoms with Crippen molar-refractivity contribution in [2.45, 2.75) is 32.4 Å². The number of furan rings is 1. The summed E-state index contributed by atoms with van der Waals surface area (Å²) >= 11 is 0. The van der Waals surface area contributed by atoms with Crippen LogP contribution in [0.15, 0.2) is 58.4 Å². The van der Waals surface area contributed by atoms with E-state index in [1.165, 1.54) is 17.2 Å². The summed E-state index contributed by atoms with van der Waals surface area (Å²) in [5, 5.41) is 10.6. The SMILES string of the molecule is COCCCN1C(=O)C(O)=C(C(=O)c2ccco2)C1c1cccc(OC(C)C)c1. The van der Waals surface area contributed by atoms with Gasteiger partial charge in [-0.15, -0.1) is 0 Å². The molecule has 2 heterocycles. The van der Waals surface area contributed by atoms with Crippen molar-refractivity contribution in [2.75, 3.05) is 20.3 Å². The summed E-state index contributed by atoms with van der Waals surface area (Å²) in [4.78, 5) is 27.3. The van der Waals surface area contributed by atoms with Crippen molar-refractivity contribution in [1.82, 2.24) is 4.90 Å². The predicted octanol–water partition coefficient (Wildman–Crippen LogP) is 3.68. The second kappa shape index (κ2) is 8.96. The summed E-state index contributed by atoms with van der Waals surface area (Å²) in [6, 6.07) is 9.56. The number of methoxy groups -OCH3 is 1. The third kappa shape index (κ3) is 4.35. The highest BCUT2D eigenvalue weighted by atomic mass is 16.5. The number of ether oxygens (including phenoxy) is 2. The summed E-state index contributed by atoms with van der Waals surface area (Å²) in [5.41, 5.74) is 0.678. The van der Waals surface area contributed by atoms with Gasteiger partial charge in [-0.1, -0.05) is 12.1 Å². The van der Waals surface area contributed by atoms with Crippen molar-refractivity contribution < 1.29 is 28.6 Å². The maximum Gasteiger partial charge on any atom is 0.290 e. The first kappa shape index (κ1) is 20.7. The molecular formula is C22H25NO6. The second-order valence-electron chi connectivity index (χ2n) is 7.06. The van der Waals surface area contributed by atoms with Crippen LogP contribution in [0, 0.1) is 0 Å². The molecule has 0 fully saturated rings. The fourth-order valence-corrected chi connectivity index (χ4v) is 3.41. The van der Waals surface area contributed by atoms with E-state index >= 15 is 0 Å². The molecule has 154 valence electrons. The number of carbonyl (C=O) groups excluding carboxylic acids is 2. The quantitative estimate of drug-likeness (QED) is 0.511. The molecule has 0 saturated heterocycles. The molecule has 0 bridgehead atoms. The smallest absolute Gasteiger partial charge is 0.290 e. The molecule has 1 N–H and O–H groups in total. The van der Waals surface area contributed by atoms with Crippen LogP contribution >= 0.6 is 0 Å². The number of hydrogen-bond donors (Lipinski definition) is 1. The topological polar surface area (TPSA) is 89.2 Å². The lowest BCUT2D eigenvalue weighted by Gasteiger charge is -2.27. The molecular weight excluding hydrogens is 374 g/mol. The van der Waals surface area contributed by atoms with E-state index in [2.05, 4.69) is 0 Å². The van der Waals surface area contributed by atoms with Gasteiger partial charge in [-0.3, -0.25) is 9.59 Å². The molecule has 7 nitrogen and oxygen atoms in total. The van der Waals surface area contributed by atoms with Crippen LogP contribution in [-0.4, -0.2) is 48.1 Å². The van der Waals surface area contributed by atoms with Gasteiger partial charge in [0, 0.05) is 20.3 Å². The summed E-state index contributed by atoms with van der Waals surface area (Å²) in [6.07, 6.45) is 1.92. The van der Waals surface area contributed by atoms with Gasteiger partial charge in [0.05, 0.1) is 24.0 Å². The van der Waals surface area contributed by atoms with E-state index in [4.69, 9.17) is 13.9 Å². The number of aliphatic hydroxyl groups is 1. The minimum absolute atomic E-state index is 0.00376. The van der Waals surface area contributed by atoms with Crippen LogP contribution in [0.25, 0.3) is 0 Å². The Morgan fingerprint density at radius 2 is 2.07 bits per heavy atom. The van der Waals surface area contributed by atoms with E-state index in [0.29, 0.717) is 30.9 Å². The van der Waals surface area contributed by atoms with Crippen LogP contribution in [0.3, 0.4) is 0 Å². The number of nitrogens with zero attached hydrogens (tertiary/aromatic N) is 1. The maximum absolute atomic E-state index is 13.0. The monoisotopic (exact) mass is 399 g/mol. The first-order valence-corrected chi connectivity index (χ1v) is 9.52. The minimum Gasteiger partial charge on any atom is -0.503 e. The number of benzene rings is 1. The molecule has 1 aliphatic rings. The molecule has 7 heteroatoms. The molecule has 0 aliphatic carbocycles. The average molecular weight is 399 g/mol. The van der Waals surface area contributed by atoms with E-state index in [1.807, 2.05) is 26.0 Å². The Balaban J connectivity index is 2.03. The Labute approximate surface area is 169 Å². The van der Waals surface area contributed by atoms with Gasteiger partial charge in [0.1, 0.15) is 5.75 Å². The molecule has 1 aliphatic heterocycles. The summed E-state index contributed by atoms with van der Waals surface area (Å²) in [6.45, 7) is 4.61. The van der Waals surface area contributed by atoms with Gasteiger partial charge in [-0.05, 0) is 50.1 Å². The summed E-state index contributed by atoms with van der Waals surface area (Å²) in [7, 11) is 1.58. The molecule has 1 unspecified atom stereocenters. The molecule has 0 radical (unpaired) electrons. The Bertz CT molecular complexity index is 900. The van der Waals surface area contributed by atoms with Gasteiger partial charge in [0.15, 0.2) is 11.5 Å². The lowest BCUT2D eigenvalue weighted by molar-refractivity contribution is -0.129. The number of ketones is 1. The molecule has 29 heavy (non-hydrogen) atoms. The molecule has 1 amide bonds. The van der Waals surface area contributed by atoms with Crippen molar-refractivity contribution in [1.29, 1.82) is 0 Å². The third-order valence-electron chi connectivity index (χ3n) is 4.59. The van der Waals surface area contributed by atoms with E-state index in [0.717, 1.165) is 0 Å². The van der Waals surface area contributed by atoms with Gasteiger partial charge in [-0.2, -0.15) is 0 Å². The number of rotatable bonds is 9. The van der Waals surface area contributed by atoms with Crippen molar-refractivity contribution in [2.24, 2.45) is 0 Å². The van der Waals surface area contributed by atoms with E-state index in [9.17, 15) is 14.7 Å². The van der Waals surface area contributed by atoms with Crippen LogP contribution in [0.2, 0.25) is 0 Å². The van der Waals surface area contributed by atoms with E-state index in [1.54, 1.807) is 25.3 Å². The van der Waals surface area contributed by atoms with E-state index < -0.39 is 23.5 Å². The van der Waals surface area contributed by atoms with Gasteiger partial charge in [-0.25, -0.2) is 0 Å². The van der Waals surface area contributed by atoms with Crippen molar-refractivity contribution in [3.63, 3.8) is 0 Å². The number of aliphatic hydroxyl groups excluding tert-OH is 1. The highest BCUT2D eigenvalue weighted by Gasteiger charge is 2.44. The fraction of sp³-hybridized carbons (Fsp3) is 0.364. The van der Waals surface area contributed by atoms with Crippen molar-refractivity contribution in [3.05, 3.63) is 65.3 Å². The Morgan fingerprint density at radius 3 is 2.72 bits per heavy atom. The number of Topliss-reactive ketones (excluding diaryl/α,β-unsaturated/α-hetero) is 1. The van der Waals surface area contributed by atoms with Crippen LogP contribution in [0.5, 0.6) is 5.75 Å². The normalized spacial score (nSPS) is 16.8. The number of amides is 1. The molecule has 0 saturated carbocycles. The Hall–Kier alpha value is -3.06. The maximum atomic E-state index is 13.0. The summed E-state index contributed by atoms with van der Waals surface area (Å²) < 4.78 is 16.1. The Morgan fingerprint density at radius 1 is 1.28 bits per heavy atom. The van der Waals surface area contributed by atoms with Gasteiger partial charge in [0.25, 0.3) is 5.91 Å². The van der Waals surface area contributed by atoms with E-state index in [-0.39, 0.29) is 17.4 Å². The van der Waals surface area contributed by atoms with Crippen LogP contribution in [0.1, 0.15) is 42.4 Å². The highest BCUT2D eigenvalue weighted by molar-refractivity contribution is 6.15. The van der Waals surface area contributed by atoms with Crippen LogP contribution in [-0.2, 0) is 9.53 Å². The van der Waals surface area contributed by atoms with Gasteiger partial charge < -0.3 is 23.9 Å². The van der Waals surface area contributed by atoms with Gasteiger partial charge in [0.2, 0.25) is 5.78 Å². The zero-order chi connectivity index (χ0) is 21.0. The lowest BCUT2D eigenvalue weighted by atomic mass is 9.95. The molecule has 1 atom stereocenters. The van der Waals surface area contributed by atoms with Gasteiger partial charge >= 0.3 is 0 Å². The molecule has 0 spiro atoms. The highest BCUT2D eigenvalue weighted by Crippen LogP contribution is 2.40. The molecule has 2 aromatic rings. The van der Waals surface area contributed by atoms with Crippen molar-refractivity contribution >= 4 is 11.7 Å². The third-order valence-corrected chi connectivity index (χ3v) is 4.59. The molecule has 1 aromatic carbocycles. The molecule has 3 rings (SSSR count). The molecule has 1 aromatic heterocycles. The standard InChI is InChI=1S/C22H25NO6/c1-14(2)29-16-8-4-7-15(13-16)19-18(20(24)17-9-5-12-28-17)21(25)22(26)23(19)10-6-11-27-3/h4-5,7-9,12-14,19,25H,6,10-11H2,1-3H3. The zero-order valence-electron chi connectivity index (χ0n) is 16.8. The van der Waals surface area contributed by atoms with Crippen LogP contribution < -0.4 is 4.74 Å². The average Bonchev–Trinajstić information content (AvgIpc) is 3.30. The minimum atomic E-state index is -0.743. The zero-order valence-corrected chi connectivity index (χ0v) is 16.8. The van der Waals surface area contributed by atoms with Crippen molar-refractivity contribution in [3.8, 4) is 5.75 Å². The predicted molar refractivity (Wildman–Crippen MR) is 106 cm³/mol. The van der Waals surface area contributed by atoms with Crippen LogP contribution in [0.4, 0.5) is 0 Å². The fourth-order valence-electron chi connectivity index (χ4n) is 3.41. The Kier molecular flexibility index (Phi) is 6.39. The second-order valence-corrected chi connectivity index (χ2v) is 7.06. The summed E-state index contributed by atoms with van der Waals surface area (Å²) in [5.74, 6) is -0.967. The number of carbonyl (C=O) groups is 2. The largest absolute Gasteiger partial charge is 0.503 e. The first-order chi connectivity index (χ1) is 13.9. The number of hydrogen-bond acceptors (Lipinski definition) is 6. The lowest BCUT2D eigenvalue weighted by Crippen LogP contribution is -2.32. The first-order valence-electron chi connectivity index (χ1n) is 9.52.